The first-order valence-corrected chi connectivity index (χ1v) is 9.14. The summed E-state index contributed by atoms with van der Waals surface area (Å²) in [6.45, 7) is 0. The van der Waals surface area contributed by atoms with Crippen molar-refractivity contribution in [2.24, 2.45) is 11.8 Å². The smallest absolute Gasteiger partial charge is 0.160 e. The molecule has 0 saturated heterocycles. The predicted molar refractivity (Wildman–Crippen MR) is 94.1 cm³/mol. The van der Waals surface area contributed by atoms with Gasteiger partial charge in [-0.25, -0.2) is 18.4 Å². The molecule has 0 N–H and O–H groups in total. The van der Waals surface area contributed by atoms with Crippen LogP contribution in [-0.4, -0.2) is 14.8 Å². The fraction of sp³-hybridized carbons (Fsp3) is 0.333. The monoisotopic (exact) mass is 351 g/mol. The minimum absolute atomic E-state index is 0.382. The molecule has 0 aliphatic heterocycles. The second kappa shape index (κ2) is 6.01. The Labute approximate surface area is 150 Å². The second-order valence-electron chi connectivity index (χ2n) is 7.40. The highest BCUT2D eigenvalue weighted by molar-refractivity contribution is 5.35. The van der Waals surface area contributed by atoms with Gasteiger partial charge in [-0.1, -0.05) is 30.3 Å². The summed E-state index contributed by atoms with van der Waals surface area (Å²) in [5, 5.41) is 4.64. The van der Waals surface area contributed by atoms with E-state index < -0.39 is 11.6 Å². The van der Waals surface area contributed by atoms with Crippen molar-refractivity contribution in [3.8, 4) is 5.69 Å². The van der Waals surface area contributed by atoms with Gasteiger partial charge in [0.2, 0.25) is 0 Å². The van der Waals surface area contributed by atoms with Gasteiger partial charge in [0.05, 0.1) is 5.69 Å². The molecule has 2 aliphatic carbocycles. The lowest BCUT2D eigenvalue weighted by Crippen LogP contribution is -2.04. The van der Waals surface area contributed by atoms with E-state index in [0.717, 1.165) is 35.6 Å². The van der Waals surface area contributed by atoms with E-state index in [1.807, 2.05) is 30.3 Å². The fourth-order valence-corrected chi connectivity index (χ4v) is 3.83. The van der Waals surface area contributed by atoms with Crippen LogP contribution >= 0.6 is 0 Å². The Kier molecular flexibility index (Phi) is 3.62. The third kappa shape index (κ3) is 2.91. The number of aromatic nitrogens is 3. The Balaban J connectivity index is 1.52. The molecule has 1 heterocycles. The Hall–Kier alpha value is -2.56. The summed E-state index contributed by atoms with van der Waals surface area (Å²) < 4.78 is 28.8. The number of nitrogens with zero attached hydrogens (tertiary/aromatic N) is 3. The maximum atomic E-state index is 13.7. The molecule has 132 valence electrons. The van der Waals surface area contributed by atoms with Crippen LogP contribution in [-0.2, 0) is 6.42 Å². The van der Waals surface area contributed by atoms with Gasteiger partial charge in [-0.2, -0.15) is 5.10 Å². The quantitative estimate of drug-likeness (QED) is 0.670. The summed E-state index contributed by atoms with van der Waals surface area (Å²) in [5.74, 6) is 1.77. The van der Waals surface area contributed by atoms with Crippen molar-refractivity contribution < 1.29 is 8.78 Å². The van der Waals surface area contributed by atoms with Gasteiger partial charge in [0.25, 0.3) is 0 Å². The van der Waals surface area contributed by atoms with E-state index in [0.29, 0.717) is 23.9 Å². The number of hydrogen-bond donors (Lipinski definition) is 0. The molecule has 1 aromatic heterocycles. The fourth-order valence-electron chi connectivity index (χ4n) is 3.83. The molecule has 3 nitrogen and oxygen atoms in total. The molecule has 2 atom stereocenters. The minimum atomic E-state index is -0.858. The van der Waals surface area contributed by atoms with Crippen molar-refractivity contribution in [1.29, 1.82) is 0 Å². The van der Waals surface area contributed by atoms with Crippen molar-refractivity contribution >= 4 is 0 Å². The molecule has 2 aromatic carbocycles. The Morgan fingerprint density at radius 1 is 1.00 bits per heavy atom. The van der Waals surface area contributed by atoms with Crippen LogP contribution in [0.15, 0.2) is 48.5 Å². The summed E-state index contributed by atoms with van der Waals surface area (Å²) >= 11 is 0. The van der Waals surface area contributed by atoms with E-state index in [1.54, 1.807) is 10.7 Å². The van der Waals surface area contributed by atoms with Crippen molar-refractivity contribution in [2.45, 2.75) is 31.6 Å². The summed E-state index contributed by atoms with van der Waals surface area (Å²) in [6, 6.07) is 14.0. The summed E-state index contributed by atoms with van der Waals surface area (Å²) in [7, 11) is 0. The molecule has 5 rings (SSSR count). The Bertz CT molecular complexity index is 947. The molecule has 0 radical (unpaired) electrons. The van der Waals surface area contributed by atoms with Crippen molar-refractivity contribution in [3.05, 3.63) is 77.4 Å². The average Bonchev–Trinajstić information content (AvgIpc) is 3.55. The zero-order valence-electron chi connectivity index (χ0n) is 14.3. The van der Waals surface area contributed by atoms with E-state index in [1.165, 1.54) is 18.9 Å². The van der Waals surface area contributed by atoms with Gasteiger partial charge in [-0.05, 0) is 48.8 Å². The summed E-state index contributed by atoms with van der Waals surface area (Å²) in [5.41, 5.74) is 1.67. The summed E-state index contributed by atoms with van der Waals surface area (Å²) in [4.78, 5) is 4.79. The van der Waals surface area contributed by atoms with Gasteiger partial charge in [-0.15, -0.1) is 0 Å². The molecule has 5 heteroatoms. The summed E-state index contributed by atoms with van der Waals surface area (Å²) in [6.07, 6.45) is 4.36. The minimum Gasteiger partial charge on any atom is -0.217 e. The molecule has 0 spiro atoms. The zero-order valence-corrected chi connectivity index (χ0v) is 14.3. The predicted octanol–water partition coefficient (Wildman–Crippen LogP) is 4.65. The van der Waals surface area contributed by atoms with Crippen LogP contribution < -0.4 is 0 Å². The highest BCUT2D eigenvalue weighted by Crippen LogP contribution is 2.59. The molecule has 26 heavy (non-hydrogen) atoms. The second-order valence-corrected chi connectivity index (χ2v) is 7.40. The van der Waals surface area contributed by atoms with Gasteiger partial charge < -0.3 is 0 Å². The topological polar surface area (TPSA) is 30.7 Å². The lowest BCUT2D eigenvalue weighted by molar-refractivity contribution is 0.507. The highest BCUT2D eigenvalue weighted by atomic mass is 19.2. The van der Waals surface area contributed by atoms with Crippen molar-refractivity contribution in [3.63, 3.8) is 0 Å². The van der Waals surface area contributed by atoms with Crippen LogP contribution in [0.4, 0.5) is 8.78 Å². The molecule has 0 unspecified atom stereocenters. The van der Waals surface area contributed by atoms with Gasteiger partial charge in [0.15, 0.2) is 17.5 Å². The van der Waals surface area contributed by atoms with Gasteiger partial charge in [0, 0.05) is 18.4 Å². The zero-order chi connectivity index (χ0) is 17.7. The molecular weight excluding hydrogens is 332 g/mol. The first-order chi connectivity index (χ1) is 12.7. The standard InChI is InChI=1S/C21H19F2N3/c22-18-9-8-15(11-19(18)23)26-21(17-12-16(17)14-6-7-14)24-20(25-26)10-13-4-2-1-3-5-13/h1-5,8-9,11,14,16-17H,6-7,10,12H2/t16-,17+/m0/s1. The first kappa shape index (κ1) is 15.7. The van der Waals surface area contributed by atoms with Crippen LogP contribution in [0, 0.1) is 23.5 Å². The highest BCUT2D eigenvalue weighted by Gasteiger charge is 2.50. The van der Waals surface area contributed by atoms with Crippen LogP contribution in [0.2, 0.25) is 0 Å². The number of rotatable bonds is 5. The lowest BCUT2D eigenvalue weighted by atomic mass is 10.1. The maximum absolute atomic E-state index is 13.7. The van der Waals surface area contributed by atoms with Crippen LogP contribution in [0.25, 0.3) is 5.69 Å². The molecule has 0 bridgehead atoms. The van der Waals surface area contributed by atoms with Crippen LogP contribution in [0.3, 0.4) is 0 Å². The largest absolute Gasteiger partial charge is 0.217 e. The maximum Gasteiger partial charge on any atom is 0.160 e. The van der Waals surface area contributed by atoms with Crippen molar-refractivity contribution in [1.82, 2.24) is 14.8 Å². The molecule has 3 aromatic rings. The number of halogens is 2. The van der Waals surface area contributed by atoms with E-state index in [9.17, 15) is 8.78 Å². The molecular formula is C21H19F2N3. The SMILES string of the molecule is Fc1ccc(-n2nc(Cc3ccccc3)nc2[C@@H]2C[C@H]2C2CC2)cc1F. The average molecular weight is 351 g/mol. The van der Waals surface area contributed by atoms with Gasteiger partial charge >= 0.3 is 0 Å². The molecule has 2 aliphatic rings. The Morgan fingerprint density at radius 3 is 2.54 bits per heavy atom. The van der Waals surface area contributed by atoms with Gasteiger partial charge in [-0.3, -0.25) is 0 Å². The van der Waals surface area contributed by atoms with Crippen LogP contribution in [0.5, 0.6) is 0 Å². The van der Waals surface area contributed by atoms with Crippen molar-refractivity contribution in [2.75, 3.05) is 0 Å². The van der Waals surface area contributed by atoms with E-state index in [-0.39, 0.29) is 0 Å². The number of benzene rings is 2. The van der Waals surface area contributed by atoms with Crippen LogP contribution in [0.1, 0.15) is 42.4 Å². The molecule has 0 amide bonds. The third-order valence-electron chi connectivity index (χ3n) is 5.43. The molecule has 2 fully saturated rings. The first-order valence-electron chi connectivity index (χ1n) is 9.14. The van der Waals surface area contributed by atoms with E-state index in [2.05, 4.69) is 5.10 Å². The Morgan fingerprint density at radius 2 is 1.81 bits per heavy atom. The molecule has 2 saturated carbocycles. The van der Waals surface area contributed by atoms with Gasteiger partial charge in [0.1, 0.15) is 5.82 Å². The number of hydrogen-bond acceptors (Lipinski definition) is 2. The van der Waals surface area contributed by atoms with E-state index >= 15 is 0 Å². The van der Waals surface area contributed by atoms with E-state index in [4.69, 9.17) is 4.98 Å². The third-order valence-corrected chi connectivity index (χ3v) is 5.43. The lowest BCUT2D eigenvalue weighted by Gasteiger charge is -2.06. The normalized spacial score (nSPS) is 21.8.